The van der Waals surface area contributed by atoms with E-state index in [2.05, 4.69) is 17.1 Å². The quantitative estimate of drug-likeness (QED) is 0.831. The highest BCUT2D eigenvalue weighted by Crippen LogP contribution is 2.27. The minimum absolute atomic E-state index is 0.0393. The lowest BCUT2D eigenvalue weighted by molar-refractivity contribution is 0.0477. The first-order valence-electron chi connectivity index (χ1n) is 7.94. The molecule has 0 radical (unpaired) electrons. The van der Waals surface area contributed by atoms with Gasteiger partial charge in [0.2, 0.25) is 11.7 Å². The standard InChI is InChI=1S/C15H27N3O2/c1-3-7-13(19-4-2)15-17-14(20-18-15)10-11-8-5-6-9-12(11)16/h11-13H,3-10,16H2,1-2H3. The van der Waals surface area contributed by atoms with Crippen molar-refractivity contribution in [2.75, 3.05) is 6.61 Å². The molecule has 1 aliphatic carbocycles. The van der Waals surface area contributed by atoms with Gasteiger partial charge in [-0.15, -0.1) is 0 Å². The zero-order valence-corrected chi connectivity index (χ0v) is 12.7. The smallest absolute Gasteiger partial charge is 0.227 e. The molecule has 1 aliphatic rings. The molecular weight excluding hydrogens is 254 g/mol. The molecule has 20 heavy (non-hydrogen) atoms. The monoisotopic (exact) mass is 281 g/mol. The second kappa shape index (κ2) is 7.74. The molecule has 0 spiro atoms. The Bertz CT molecular complexity index is 388. The van der Waals surface area contributed by atoms with E-state index >= 15 is 0 Å². The minimum atomic E-state index is -0.0393. The normalized spacial score (nSPS) is 24.8. The van der Waals surface area contributed by atoms with Crippen molar-refractivity contribution in [1.82, 2.24) is 10.1 Å². The Labute approximate surface area is 121 Å². The van der Waals surface area contributed by atoms with Gasteiger partial charge < -0.3 is 15.0 Å². The van der Waals surface area contributed by atoms with Gasteiger partial charge in [-0.05, 0) is 32.1 Å². The summed E-state index contributed by atoms with van der Waals surface area (Å²) in [5, 5.41) is 4.09. The predicted molar refractivity (Wildman–Crippen MR) is 77.2 cm³/mol. The van der Waals surface area contributed by atoms with Crippen molar-refractivity contribution in [3.05, 3.63) is 11.7 Å². The lowest BCUT2D eigenvalue weighted by atomic mass is 9.83. The summed E-state index contributed by atoms with van der Waals surface area (Å²) in [5.74, 6) is 1.88. The summed E-state index contributed by atoms with van der Waals surface area (Å²) in [6, 6.07) is 0.275. The first-order chi connectivity index (χ1) is 9.74. The number of aromatic nitrogens is 2. The third kappa shape index (κ3) is 4.03. The first kappa shape index (κ1) is 15.4. The molecule has 1 saturated carbocycles. The van der Waals surface area contributed by atoms with Crippen molar-refractivity contribution in [2.24, 2.45) is 11.7 Å². The third-order valence-corrected chi connectivity index (χ3v) is 4.10. The van der Waals surface area contributed by atoms with E-state index in [0.29, 0.717) is 24.2 Å². The topological polar surface area (TPSA) is 74.2 Å². The highest BCUT2D eigenvalue weighted by atomic mass is 16.5. The van der Waals surface area contributed by atoms with Crippen LogP contribution in [0.3, 0.4) is 0 Å². The van der Waals surface area contributed by atoms with Crippen LogP contribution in [0.2, 0.25) is 0 Å². The lowest BCUT2D eigenvalue weighted by Crippen LogP contribution is -2.34. The van der Waals surface area contributed by atoms with E-state index in [0.717, 1.165) is 25.7 Å². The second-order valence-electron chi connectivity index (χ2n) is 5.69. The van der Waals surface area contributed by atoms with Crippen LogP contribution in [0, 0.1) is 5.92 Å². The first-order valence-corrected chi connectivity index (χ1v) is 7.94. The van der Waals surface area contributed by atoms with Crippen molar-refractivity contribution in [2.45, 2.75) is 70.9 Å². The average molecular weight is 281 g/mol. The average Bonchev–Trinajstić information content (AvgIpc) is 2.90. The van der Waals surface area contributed by atoms with Crippen LogP contribution in [0.4, 0.5) is 0 Å². The van der Waals surface area contributed by atoms with Crippen LogP contribution < -0.4 is 5.73 Å². The van der Waals surface area contributed by atoms with Gasteiger partial charge in [0.25, 0.3) is 0 Å². The van der Waals surface area contributed by atoms with E-state index in [9.17, 15) is 0 Å². The molecule has 5 heteroatoms. The van der Waals surface area contributed by atoms with Gasteiger partial charge in [-0.2, -0.15) is 4.98 Å². The fourth-order valence-corrected chi connectivity index (χ4v) is 2.95. The molecule has 0 aliphatic heterocycles. The van der Waals surface area contributed by atoms with E-state index < -0.39 is 0 Å². The molecule has 1 aromatic rings. The summed E-state index contributed by atoms with van der Waals surface area (Å²) in [4.78, 5) is 4.52. The van der Waals surface area contributed by atoms with Crippen molar-refractivity contribution < 1.29 is 9.26 Å². The molecule has 1 heterocycles. The fraction of sp³-hybridized carbons (Fsp3) is 0.867. The molecule has 0 saturated heterocycles. The molecule has 0 aromatic carbocycles. The third-order valence-electron chi connectivity index (χ3n) is 4.10. The van der Waals surface area contributed by atoms with Crippen molar-refractivity contribution in [3.8, 4) is 0 Å². The molecule has 3 unspecified atom stereocenters. The van der Waals surface area contributed by atoms with Crippen molar-refractivity contribution in [1.29, 1.82) is 0 Å². The fourth-order valence-electron chi connectivity index (χ4n) is 2.95. The molecule has 114 valence electrons. The molecule has 2 rings (SSSR count). The Morgan fingerprint density at radius 1 is 1.35 bits per heavy atom. The maximum absolute atomic E-state index is 6.17. The van der Waals surface area contributed by atoms with Gasteiger partial charge in [0.1, 0.15) is 6.10 Å². The van der Waals surface area contributed by atoms with Gasteiger partial charge in [0.15, 0.2) is 0 Å². The van der Waals surface area contributed by atoms with Gasteiger partial charge >= 0.3 is 0 Å². The second-order valence-corrected chi connectivity index (χ2v) is 5.69. The molecule has 0 amide bonds. The van der Waals surface area contributed by atoms with E-state index in [4.69, 9.17) is 15.0 Å². The van der Waals surface area contributed by atoms with Crippen LogP contribution in [-0.2, 0) is 11.2 Å². The van der Waals surface area contributed by atoms with Crippen LogP contribution in [0.5, 0.6) is 0 Å². The summed E-state index contributed by atoms with van der Waals surface area (Å²) in [6.45, 7) is 4.79. The molecule has 2 N–H and O–H groups in total. The van der Waals surface area contributed by atoms with Crippen LogP contribution in [0.15, 0.2) is 4.52 Å². The largest absolute Gasteiger partial charge is 0.370 e. The molecule has 0 bridgehead atoms. The predicted octanol–water partition coefficient (Wildman–Crippen LogP) is 3.01. The SMILES string of the molecule is CCCC(OCC)c1noc(CC2CCCCC2N)n1. The summed E-state index contributed by atoms with van der Waals surface area (Å²) in [5.41, 5.74) is 6.17. The van der Waals surface area contributed by atoms with Crippen molar-refractivity contribution in [3.63, 3.8) is 0 Å². The van der Waals surface area contributed by atoms with Crippen LogP contribution in [-0.4, -0.2) is 22.8 Å². The highest BCUT2D eigenvalue weighted by Gasteiger charge is 2.25. The summed E-state index contributed by atoms with van der Waals surface area (Å²) >= 11 is 0. The zero-order chi connectivity index (χ0) is 14.4. The van der Waals surface area contributed by atoms with Crippen molar-refractivity contribution >= 4 is 0 Å². The number of hydrogen-bond donors (Lipinski definition) is 1. The molecule has 1 aromatic heterocycles. The molecule has 1 fully saturated rings. The summed E-state index contributed by atoms with van der Waals surface area (Å²) < 4.78 is 11.1. The van der Waals surface area contributed by atoms with Gasteiger partial charge in [0.05, 0.1) is 0 Å². The van der Waals surface area contributed by atoms with Gasteiger partial charge in [-0.25, -0.2) is 0 Å². The van der Waals surface area contributed by atoms with E-state index in [1.807, 2.05) is 6.92 Å². The van der Waals surface area contributed by atoms with Crippen LogP contribution in [0.25, 0.3) is 0 Å². The van der Waals surface area contributed by atoms with Gasteiger partial charge in [-0.1, -0.05) is 31.3 Å². The van der Waals surface area contributed by atoms with E-state index in [1.165, 1.54) is 19.3 Å². The summed E-state index contributed by atoms with van der Waals surface area (Å²) in [6.07, 6.45) is 7.53. The number of nitrogens with zero attached hydrogens (tertiary/aromatic N) is 2. The Morgan fingerprint density at radius 3 is 2.85 bits per heavy atom. The van der Waals surface area contributed by atoms with Crippen LogP contribution >= 0.6 is 0 Å². The minimum Gasteiger partial charge on any atom is -0.370 e. The Hall–Kier alpha value is -0.940. The molecule has 3 atom stereocenters. The Balaban J connectivity index is 1.96. The number of hydrogen-bond acceptors (Lipinski definition) is 5. The Kier molecular flexibility index (Phi) is 5.98. The molecular formula is C15H27N3O2. The van der Waals surface area contributed by atoms with Gasteiger partial charge in [-0.3, -0.25) is 0 Å². The van der Waals surface area contributed by atoms with Crippen LogP contribution in [0.1, 0.15) is 70.2 Å². The Morgan fingerprint density at radius 2 is 2.15 bits per heavy atom. The number of rotatable bonds is 7. The highest BCUT2D eigenvalue weighted by molar-refractivity contribution is 4.94. The van der Waals surface area contributed by atoms with E-state index in [1.54, 1.807) is 0 Å². The summed E-state index contributed by atoms with van der Waals surface area (Å²) in [7, 11) is 0. The van der Waals surface area contributed by atoms with Gasteiger partial charge in [0, 0.05) is 19.1 Å². The number of ether oxygens (including phenoxy) is 1. The maximum atomic E-state index is 6.17. The van der Waals surface area contributed by atoms with E-state index in [-0.39, 0.29) is 12.1 Å². The zero-order valence-electron chi connectivity index (χ0n) is 12.7. The molecule has 5 nitrogen and oxygen atoms in total. The lowest BCUT2D eigenvalue weighted by Gasteiger charge is -2.27. The number of nitrogens with two attached hydrogens (primary N) is 1. The maximum Gasteiger partial charge on any atom is 0.227 e.